The van der Waals surface area contributed by atoms with Gasteiger partial charge in [0.25, 0.3) is 5.91 Å². The van der Waals surface area contributed by atoms with Crippen molar-refractivity contribution in [3.05, 3.63) is 59.5 Å². The highest BCUT2D eigenvalue weighted by atomic mass is 16.3. The molecule has 6 nitrogen and oxygen atoms in total. The summed E-state index contributed by atoms with van der Waals surface area (Å²) in [6, 6.07) is 10.6. The largest absolute Gasteiger partial charge is 0.469 e. The van der Waals surface area contributed by atoms with E-state index in [1.165, 1.54) is 6.26 Å². The Labute approximate surface area is 135 Å². The number of hydrazine groups is 1. The van der Waals surface area contributed by atoms with Gasteiger partial charge in [-0.2, -0.15) is 0 Å². The molecule has 1 aromatic carbocycles. The predicted octanol–water partition coefficient (Wildman–Crippen LogP) is 2.93. The van der Waals surface area contributed by atoms with E-state index < -0.39 is 11.9 Å². The third-order valence-electron chi connectivity index (χ3n) is 3.50. The van der Waals surface area contributed by atoms with E-state index in [0.29, 0.717) is 11.3 Å². The van der Waals surface area contributed by atoms with E-state index in [1.807, 2.05) is 44.2 Å². The molecule has 0 fully saturated rings. The average molecular weight is 315 g/mol. The second-order valence-electron chi connectivity index (χ2n) is 5.58. The molecule has 0 bridgehead atoms. The molecule has 2 aromatic rings. The van der Waals surface area contributed by atoms with Crippen LogP contribution in [-0.4, -0.2) is 11.9 Å². The Morgan fingerprint density at radius 1 is 1.04 bits per heavy atom. The maximum absolute atomic E-state index is 12.0. The molecule has 3 N–H and O–H groups in total. The number of benzene rings is 1. The smallest absolute Gasteiger partial charge is 0.333 e. The summed E-state index contributed by atoms with van der Waals surface area (Å²) in [7, 11) is 0. The summed E-state index contributed by atoms with van der Waals surface area (Å²) in [5.74, 6) is 0.274. The molecular weight excluding hydrogens is 294 g/mol. The van der Waals surface area contributed by atoms with Gasteiger partial charge in [0.15, 0.2) is 0 Å². The van der Waals surface area contributed by atoms with Crippen molar-refractivity contribution < 1.29 is 14.0 Å². The number of furan rings is 1. The first-order valence-corrected chi connectivity index (χ1v) is 7.45. The fourth-order valence-electron chi connectivity index (χ4n) is 2.27. The lowest BCUT2D eigenvalue weighted by atomic mass is 9.96. The van der Waals surface area contributed by atoms with Crippen molar-refractivity contribution in [2.45, 2.75) is 26.8 Å². The van der Waals surface area contributed by atoms with E-state index in [0.717, 1.165) is 5.56 Å². The average Bonchev–Trinajstić information content (AvgIpc) is 2.97. The van der Waals surface area contributed by atoms with Crippen LogP contribution in [0.2, 0.25) is 0 Å². The fraction of sp³-hybridized carbons (Fsp3) is 0.294. The van der Waals surface area contributed by atoms with Crippen LogP contribution in [0.1, 0.15) is 41.6 Å². The molecule has 3 amide bonds. The van der Waals surface area contributed by atoms with Gasteiger partial charge in [0, 0.05) is 0 Å². The van der Waals surface area contributed by atoms with E-state index in [4.69, 9.17) is 4.42 Å². The zero-order chi connectivity index (χ0) is 16.8. The van der Waals surface area contributed by atoms with E-state index in [2.05, 4.69) is 16.2 Å². The molecule has 0 aliphatic carbocycles. The summed E-state index contributed by atoms with van der Waals surface area (Å²) in [4.78, 5) is 23.9. The zero-order valence-electron chi connectivity index (χ0n) is 13.4. The molecule has 1 aromatic heterocycles. The highest BCUT2D eigenvalue weighted by Crippen LogP contribution is 2.20. The number of carbonyl (C=O) groups is 2. The van der Waals surface area contributed by atoms with Gasteiger partial charge in [0.2, 0.25) is 0 Å². The molecule has 23 heavy (non-hydrogen) atoms. The molecule has 0 aliphatic rings. The summed E-state index contributed by atoms with van der Waals surface area (Å²) >= 11 is 0. The Morgan fingerprint density at radius 2 is 1.74 bits per heavy atom. The van der Waals surface area contributed by atoms with Crippen molar-refractivity contribution in [3.63, 3.8) is 0 Å². The molecule has 1 atom stereocenters. The first-order chi connectivity index (χ1) is 11.0. The molecule has 6 heteroatoms. The molecule has 0 radical (unpaired) electrons. The fourth-order valence-corrected chi connectivity index (χ4v) is 2.27. The van der Waals surface area contributed by atoms with Crippen molar-refractivity contribution in [2.24, 2.45) is 5.92 Å². The SMILES string of the molecule is Cc1occc1C(=O)NNC(=O)N[C@H](c1ccccc1)C(C)C. The van der Waals surface area contributed by atoms with Gasteiger partial charge < -0.3 is 9.73 Å². The highest BCUT2D eigenvalue weighted by Gasteiger charge is 2.19. The molecule has 0 aliphatic heterocycles. The number of nitrogens with one attached hydrogen (secondary N) is 3. The maximum Gasteiger partial charge on any atom is 0.333 e. The Hall–Kier alpha value is -2.76. The van der Waals surface area contributed by atoms with Gasteiger partial charge in [-0.05, 0) is 24.5 Å². The standard InChI is InChI=1S/C17H21N3O3/c1-11(2)15(13-7-5-4-6-8-13)18-17(22)20-19-16(21)14-9-10-23-12(14)3/h4-11,15H,1-3H3,(H,19,21)(H2,18,20,22)/t15-/m0/s1. The second kappa shape index (κ2) is 7.49. The van der Waals surface area contributed by atoms with Crippen molar-refractivity contribution >= 4 is 11.9 Å². The van der Waals surface area contributed by atoms with Crippen LogP contribution in [0.15, 0.2) is 47.1 Å². The molecule has 122 valence electrons. The third kappa shape index (κ3) is 4.35. The Morgan fingerprint density at radius 3 is 2.30 bits per heavy atom. The van der Waals surface area contributed by atoms with E-state index in [9.17, 15) is 9.59 Å². The van der Waals surface area contributed by atoms with Crippen molar-refractivity contribution in [1.82, 2.24) is 16.2 Å². The minimum atomic E-state index is -0.470. The number of carbonyl (C=O) groups excluding carboxylic acids is 2. The number of rotatable bonds is 4. The number of amides is 3. The van der Waals surface area contributed by atoms with Crippen LogP contribution >= 0.6 is 0 Å². The lowest BCUT2D eigenvalue weighted by Crippen LogP contribution is -2.48. The summed E-state index contributed by atoms with van der Waals surface area (Å²) in [6.45, 7) is 5.72. The Kier molecular flexibility index (Phi) is 5.41. The first-order valence-electron chi connectivity index (χ1n) is 7.45. The topological polar surface area (TPSA) is 83.4 Å². The lowest BCUT2D eigenvalue weighted by Gasteiger charge is -2.23. The molecule has 0 saturated carbocycles. The van der Waals surface area contributed by atoms with E-state index in [1.54, 1.807) is 13.0 Å². The summed E-state index contributed by atoms with van der Waals surface area (Å²) in [6.07, 6.45) is 1.43. The summed E-state index contributed by atoms with van der Waals surface area (Å²) < 4.78 is 5.06. The first kappa shape index (κ1) is 16.6. The molecule has 1 heterocycles. The highest BCUT2D eigenvalue weighted by molar-refractivity contribution is 5.96. The van der Waals surface area contributed by atoms with Crippen molar-refractivity contribution in [2.75, 3.05) is 0 Å². The number of aryl methyl sites for hydroxylation is 1. The van der Waals surface area contributed by atoms with Gasteiger partial charge in [-0.3, -0.25) is 10.2 Å². The molecule has 0 spiro atoms. The Bertz CT molecular complexity index is 665. The third-order valence-corrected chi connectivity index (χ3v) is 3.50. The quantitative estimate of drug-likeness (QED) is 0.759. The Balaban J connectivity index is 1.93. The van der Waals surface area contributed by atoms with Gasteiger partial charge in [-0.15, -0.1) is 0 Å². The van der Waals surface area contributed by atoms with Gasteiger partial charge in [0.05, 0.1) is 17.9 Å². The zero-order valence-corrected chi connectivity index (χ0v) is 13.4. The van der Waals surface area contributed by atoms with Gasteiger partial charge >= 0.3 is 6.03 Å². The monoisotopic (exact) mass is 315 g/mol. The van der Waals surface area contributed by atoms with Crippen molar-refractivity contribution in [1.29, 1.82) is 0 Å². The molecular formula is C17H21N3O3. The number of hydrogen-bond acceptors (Lipinski definition) is 3. The number of hydrogen-bond donors (Lipinski definition) is 3. The van der Waals surface area contributed by atoms with Crippen LogP contribution in [0.5, 0.6) is 0 Å². The van der Waals surface area contributed by atoms with Crippen molar-refractivity contribution in [3.8, 4) is 0 Å². The van der Waals surface area contributed by atoms with Crippen LogP contribution in [-0.2, 0) is 0 Å². The molecule has 2 rings (SSSR count). The van der Waals surface area contributed by atoms with E-state index >= 15 is 0 Å². The van der Waals surface area contributed by atoms with Crippen LogP contribution in [0.4, 0.5) is 4.79 Å². The van der Waals surface area contributed by atoms with E-state index in [-0.39, 0.29) is 12.0 Å². The van der Waals surface area contributed by atoms with Crippen LogP contribution in [0, 0.1) is 12.8 Å². The minimum Gasteiger partial charge on any atom is -0.469 e. The normalized spacial score (nSPS) is 11.8. The minimum absolute atomic E-state index is 0.149. The van der Waals surface area contributed by atoms with Crippen LogP contribution in [0.3, 0.4) is 0 Å². The van der Waals surface area contributed by atoms with Crippen LogP contribution < -0.4 is 16.2 Å². The van der Waals surface area contributed by atoms with Gasteiger partial charge in [-0.25, -0.2) is 10.2 Å². The van der Waals surface area contributed by atoms with Gasteiger partial charge in [-0.1, -0.05) is 44.2 Å². The molecule has 0 unspecified atom stereocenters. The number of urea groups is 1. The molecule has 0 saturated heterocycles. The second-order valence-corrected chi connectivity index (χ2v) is 5.58. The lowest BCUT2D eigenvalue weighted by molar-refractivity contribution is 0.0934. The predicted molar refractivity (Wildman–Crippen MR) is 86.6 cm³/mol. The van der Waals surface area contributed by atoms with Gasteiger partial charge in [0.1, 0.15) is 5.76 Å². The maximum atomic E-state index is 12.0. The summed E-state index contributed by atoms with van der Waals surface area (Å²) in [5.41, 5.74) is 6.11. The van der Waals surface area contributed by atoms with Crippen LogP contribution in [0.25, 0.3) is 0 Å². The summed E-state index contributed by atoms with van der Waals surface area (Å²) in [5, 5.41) is 2.86.